The van der Waals surface area contributed by atoms with E-state index in [1.165, 1.54) is 44.9 Å². The standard InChI is InChI=1S/C24H31NO2/c25-24(26)27-14-15-5-6-17-8-10-21-20-9-7-16-3-1-2-4-18(16)19(20)11-12-22(21)23(17)13-15/h2,4,11-12,15-17,20-21H,1,3,5-10,13-14H2,(H2,25,26). The Bertz CT molecular complexity index is 756. The molecule has 0 saturated heterocycles. The maximum atomic E-state index is 11.0. The minimum Gasteiger partial charge on any atom is -0.449 e. The number of carbonyl (C=O) groups is 1. The fourth-order valence-corrected chi connectivity index (χ4v) is 6.63. The third-order valence-corrected chi connectivity index (χ3v) is 7.89. The Morgan fingerprint density at radius 3 is 2.48 bits per heavy atom. The van der Waals surface area contributed by atoms with Gasteiger partial charge in [0.25, 0.3) is 0 Å². The second-order valence-corrected chi connectivity index (χ2v) is 9.24. The number of nitrogens with two attached hydrogens (primary N) is 1. The molecular weight excluding hydrogens is 334 g/mol. The Labute approximate surface area is 162 Å². The summed E-state index contributed by atoms with van der Waals surface area (Å²) in [6.07, 6.45) is 20.6. The smallest absolute Gasteiger partial charge is 0.404 e. The fourth-order valence-electron chi connectivity index (χ4n) is 6.63. The highest BCUT2D eigenvalue weighted by Gasteiger charge is 2.41. The zero-order valence-electron chi connectivity index (χ0n) is 16.2. The van der Waals surface area contributed by atoms with Gasteiger partial charge in [-0.1, -0.05) is 29.9 Å². The van der Waals surface area contributed by atoms with Gasteiger partial charge < -0.3 is 10.5 Å². The van der Waals surface area contributed by atoms with Crippen molar-refractivity contribution in [1.82, 2.24) is 0 Å². The molecule has 0 aliphatic heterocycles. The Hall–Kier alpha value is -1.77. The van der Waals surface area contributed by atoms with Gasteiger partial charge in [0.1, 0.15) is 0 Å². The molecule has 5 rings (SSSR count). The van der Waals surface area contributed by atoms with Crippen LogP contribution in [0.25, 0.3) is 0 Å². The van der Waals surface area contributed by atoms with Crippen LogP contribution in [0, 0.1) is 29.6 Å². The molecule has 3 nitrogen and oxygen atoms in total. The molecule has 5 aliphatic carbocycles. The zero-order valence-corrected chi connectivity index (χ0v) is 16.2. The summed E-state index contributed by atoms with van der Waals surface area (Å²) in [6, 6.07) is 0. The van der Waals surface area contributed by atoms with E-state index in [2.05, 4.69) is 24.3 Å². The van der Waals surface area contributed by atoms with Crippen molar-refractivity contribution in [3.05, 3.63) is 46.6 Å². The molecule has 5 unspecified atom stereocenters. The molecule has 1 saturated carbocycles. The lowest BCUT2D eigenvalue weighted by Gasteiger charge is -2.46. The summed E-state index contributed by atoms with van der Waals surface area (Å²) in [7, 11) is 0. The van der Waals surface area contributed by atoms with E-state index < -0.39 is 6.09 Å². The number of hydrogen-bond donors (Lipinski definition) is 1. The van der Waals surface area contributed by atoms with Crippen molar-refractivity contribution in [2.75, 3.05) is 6.61 Å². The predicted molar refractivity (Wildman–Crippen MR) is 107 cm³/mol. The molecule has 27 heavy (non-hydrogen) atoms. The minimum atomic E-state index is -0.637. The first-order valence-corrected chi connectivity index (χ1v) is 10.9. The van der Waals surface area contributed by atoms with Crippen LogP contribution in [0.4, 0.5) is 4.79 Å². The van der Waals surface area contributed by atoms with Crippen molar-refractivity contribution in [2.24, 2.45) is 35.3 Å². The van der Waals surface area contributed by atoms with Crippen molar-refractivity contribution in [3.8, 4) is 0 Å². The van der Waals surface area contributed by atoms with Gasteiger partial charge in [0.2, 0.25) is 0 Å². The average Bonchev–Trinajstić information content (AvgIpc) is 2.71. The molecule has 3 heteroatoms. The topological polar surface area (TPSA) is 52.3 Å². The van der Waals surface area contributed by atoms with Gasteiger partial charge in [-0.05, 0) is 104 Å². The number of hydrogen-bond acceptors (Lipinski definition) is 2. The number of allylic oxidation sites excluding steroid dienone is 8. The van der Waals surface area contributed by atoms with Crippen molar-refractivity contribution in [1.29, 1.82) is 0 Å². The highest BCUT2D eigenvalue weighted by molar-refractivity contribution is 5.64. The van der Waals surface area contributed by atoms with Gasteiger partial charge in [-0.3, -0.25) is 0 Å². The summed E-state index contributed by atoms with van der Waals surface area (Å²) in [5.41, 5.74) is 11.8. The zero-order chi connectivity index (χ0) is 18.4. The van der Waals surface area contributed by atoms with Gasteiger partial charge in [-0.2, -0.15) is 0 Å². The molecule has 0 heterocycles. The van der Waals surface area contributed by atoms with E-state index in [0.29, 0.717) is 12.5 Å². The summed E-state index contributed by atoms with van der Waals surface area (Å²) in [6.45, 7) is 0.485. The first kappa shape index (κ1) is 17.3. The Kier molecular flexibility index (Phi) is 4.49. The normalized spacial score (nSPS) is 37.3. The van der Waals surface area contributed by atoms with E-state index in [9.17, 15) is 4.79 Å². The molecule has 1 amide bonds. The molecule has 1 fully saturated rings. The van der Waals surface area contributed by atoms with Crippen LogP contribution in [0.2, 0.25) is 0 Å². The van der Waals surface area contributed by atoms with Crippen LogP contribution in [0.5, 0.6) is 0 Å². The van der Waals surface area contributed by atoms with Crippen LogP contribution < -0.4 is 5.73 Å². The van der Waals surface area contributed by atoms with Crippen molar-refractivity contribution in [3.63, 3.8) is 0 Å². The van der Waals surface area contributed by atoms with Gasteiger partial charge in [0.05, 0.1) is 6.61 Å². The Morgan fingerprint density at radius 1 is 0.889 bits per heavy atom. The number of carbonyl (C=O) groups excluding carboxylic acids is 1. The molecule has 0 spiro atoms. The number of fused-ring (bicyclic) bond motifs is 5. The van der Waals surface area contributed by atoms with Crippen LogP contribution in [0.3, 0.4) is 0 Å². The molecule has 5 aliphatic rings. The second kappa shape index (κ2) is 7.00. The highest BCUT2D eigenvalue weighted by atomic mass is 16.5. The highest BCUT2D eigenvalue weighted by Crippen LogP contribution is 2.53. The van der Waals surface area contributed by atoms with E-state index in [1.807, 2.05) is 0 Å². The molecule has 0 bridgehead atoms. The van der Waals surface area contributed by atoms with Gasteiger partial charge in [-0.25, -0.2) is 4.79 Å². The maximum Gasteiger partial charge on any atom is 0.404 e. The number of ether oxygens (including phenoxy) is 1. The van der Waals surface area contributed by atoms with Crippen molar-refractivity contribution >= 4 is 6.09 Å². The lowest BCUT2D eigenvalue weighted by Crippen LogP contribution is -2.34. The molecule has 0 radical (unpaired) electrons. The monoisotopic (exact) mass is 365 g/mol. The first-order chi connectivity index (χ1) is 13.2. The van der Waals surface area contributed by atoms with E-state index in [0.717, 1.165) is 36.5 Å². The van der Waals surface area contributed by atoms with Gasteiger partial charge in [0.15, 0.2) is 0 Å². The van der Waals surface area contributed by atoms with Crippen LogP contribution in [0.15, 0.2) is 46.6 Å². The number of amides is 1. The summed E-state index contributed by atoms with van der Waals surface area (Å²) < 4.78 is 5.13. The molecule has 0 aromatic rings. The second-order valence-electron chi connectivity index (χ2n) is 9.24. The van der Waals surface area contributed by atoms with Crippen molar-refractivity contribution < 1.29 is 9.53 Å². The Balaban J connectivity index is 1.46. The van der Waals surface area contributed by atoms with E-state index >= 15 is 0 Å². The summed E-state index contributed by atoms with van der Waals surface area (Å²) >= 11 is 0. The average molecular weight is 366 g/mol. The quantitative estimate of drug-likeness (QED) is 0.707. The lowest BCUT2D eigenvalue weighted by atomic mass is 9.59. The molecule has 2 N–H and O–H groups in total. The van der Waals surface area contributed by atoms with E-state index in [4.69, 9.17) is 10.5 Å². The van der Waals surface area contributed by atoms with Crippen LogP contribution >= 0.6 is 0 Å². The summed E-state index contributed by atoms with van der Waals surface area (Å²) in [4.78, 5) is 11.0. The molecule has 5 atom stereocenters. The van der Waals surface area contributed by atoms with Gasteiger partial charge in [-0.15, -0.1) is 0 Å². The van der Waals surface area contributed by atoms with Crippen LogP contribution in [-0.2, 0) is 4.74 Å². The molecular formula is C24H31NO2. The molecule has 144 valence electrons. The van der Waals surface area contributed by atoms with Crippen LogP contribution in [-0.4, -0.2) is 12.7 Å². The summed E-state index contributed by atoms with van der Waals surface area (Å²) in [5.74, 6) is 3.46. The van der Waals surface area contributed by atoms with Crippen molar-refractivity contribution in [2.45, 2.75) is 57.8 Å². The van der Waals surface area contributed by atoms with E-state index in [1.54, 1.807) is 22.3 Å². The molecule has 0 aromatic carbocycles. The minimum absolute atomic E-state index is 0.445. The SMILES string of the molecule is NC(=O)OCC1CCC2CCC3C(=C2C1)C=CC1=C2C=CCCC2CCC13. The first-order valence-electron chi connectivity index (χ1n) is 10.9. The van der Waals surface area contributed by atoms with E-state index in [-0.39, 0.29) is 0 Å². The Morgan fingerprint density at radius 2 is 1.63 bits per heavy atom. The third kappa shape index (κ3) is 3.09. The largest absolute Gasteiger partial charge is 0.449 e. The van der Waals surface area contributed by atoms with Crippen LogP contribution in [0.1, 0.15) is 57.8 Å². The molecule has 0 aromatic heterocycles. The fraction of sp³-hybridized carbons (Fsp3) is 0.625. The maximum absolute atomic E-state index is 11.0. The number of rotatable bonds is 2. The number of primary amides is 1. The predicted octanol–water partition coefficient (Wildman–Crippen LogP) is 5.45. The third-order valence-electron chi connectivity index (χ3n) is 7.89. The lowest BCUT2D eigenvalue weighted by molar-refractivity contribution is 0.123. The van der Waals surface area contributed by atoms with Gasteiger partial charge in [0, 0.05) is 0 Å². The summed E-state index contributed by atoms with van der Waals surface area (Å²) in [5, 5.41) is 0. The van der Waals surface area contributed by atoms with Gasteiger partial charge >= 0.3 is 6.09 Å².